The Balaban J connectivity index is 1.45. The summed E-state index contributed by atoms with van der Waals surface area (Å²) in [7, 11) is 0. The summed E-state index contributed by atoms with van der Waals surface area (Å²) in [5.41, 5.74) is 4.50. The highest BCUT2D eigenvalue weighted by atomic mass is 35.5. The van der Waals surface area contributed by atoms with Crippen molar-refractivity contribution in [1.82, 2.24) is 9.47 Å². The molecular weight excluding hydrogens is 496 g/mol. The number of esters is 1. The van der Waals surface area contributed by atoms with Gasteiger partial charge in [0.05, 0.1) is 12.5 Å². The van der Waals surface area contributed by atoms with Gasteiger partial charge in [-0.15, -0.1) is 0 Å². The molecule has 6 heteroatoms. The fourth-order valence-corrected chi connectivity index (χ4v) is 5.72. The van der Waals surface area contributed by atoms with Crippen molar-refractivity contribution >= 4 is 34.4 Å². The molecule has 196 valence electrons. The predicted octanol–water partition coefficient (Wildman–Crippen LogP) is 6.67. The van der Waals surface area contributed by atoms with Gasteiger partial charge in [-0.1, -0.05) is 72.3 Å². The molecule has 1 fully saturated rings. The first kappa shape index (κ1) is 26.1. The van der Waals surface area contributed by atoms with Crippen LogP contribution in [0.3, 0.4) is 0 Å². The van der Waals surface area contributed by atoms with E-state index in [-0.39, 0.29) is 23.7 Å². The Hall–Kier alpha value is -3.57. The molecular formula is C32H33ClN2O3. The minimum absolute atomic E-state index is 0.0946. The number of carbonyl (C=O) groups is 2. The number of hydrogen-bond donors (Lipinski definition) is 0. The molecule has 0 spiro atoms. The van der Waals surface area contributed by atoms with Gasteiger partial charge in [0.1, 0.15) is 0 Å². The quantitative estimate of drug-likeness (QED) is 0.240. The Bertz CT molecular complexity index is 1410. The number of halogens is 1. The first-order chi connectivity index (χ1) is 18.5. The van der Waals surface area contributed by atoms with Gasteiger partial charge in [0.2, 0.25) is 5.91 Å². The molecule has 0 saturated carbocycles. The molecule has 1 aromatic heterocycles. The van der Waals surface area contributed by atoms with E-state index < -0.39 is 0 Å². The van der Waals surface area contributed by atoms with Crippen LogP contribution in [-0.4, -0.2) is 41.0 Å². The number of benzene rings is 3. The third kappa shape index (κ3) is 5.78. The monoisotopic (exact) mass is 528 g/mol. The molecule has 5 rings (SSSR count). The summed E-state index contributed by atoms with van der Waals surface area (Å²) < 4.78 is 7.47. The third-order valence-corrected chi connectivity index (χ3v) is 7.72. The van der Waals surface area contributed by atoms with Crippen molar-refractivity contribution < 1.29 is 14.3 Å². The van der Waals surface area contributed by atoms with Crippen molar-refractivity contribution in [1.29, 1.82) is 0 Å². The Morgan fingerprint density at radius 3 is 2.45 bits per heavy atom. The van der Waals surface area contributed by atoms with Gasteiger partial charge in [-0.05, 0) is 54.7 Å². The molecule has 1 aliphatic rings. The van der Waals surface area contributed by atoms with Crippen LogP contribution in [0.4, 0.5) is 0 Å². The standard InChI is InChI=1S/C32H33ClN2O3/c1-2-38-32(37)24-15-17-34(18-16-24)31(36)20-28(25-11-8-12-26(33)19-25)29-22-35(21-23-9-4-3-5-10-23)30-14-7-6-13-27(29)30/h3-14,19,22,24,28H,2,15-18,20-21H2,1H3. The van der Waals surface area contributed by atoms with Crippen LogP contribution in [-0.2, 0) is 20.9 Å². The van der Waals surface area contributed by atoms with Crippen molar-refractivity contribution in [2.75, 3.05) is 19.7 Å². The zero-order chi connectivity index (χ0) is 26.5. The first-order valence-corrected chi connectivity index (χ1v) is 13.7. The fourth-order valence-electron chi connectivity index (χ4n) is 5.52. The number of carbonyl (C=O) groups excluding carboxylic acids is 2. The molecule has 0 N–H and O–H groups in total. The smallest absolute Gasteiger partial charge is 0.309 e. The highest BCUT2D eigenvalue weighted by molar-refractivity contribution is 6.30. The summed E-state index contributed by atoms with van der Waals surface area (Å²) >= 11 is 6.42. The number of amides is 1. The lowest BCUT2D eigenvalue weighted by atomic mass is 9.87. The Labute approximate surface area is 229 Å². The van der Waals surface area contributed by atoms with Crippen LogP contribution in [0.2, 0.25) is 5.02 Å². The van der Waals surface area contributed by atoms with Gasteiger partial charge in [0.25, 0.3) is 0 Å². The summed E-state index contributed by atoms with van der Waals surface area (Å²) in [4.78, 5) is 27.7. The molecule has 0 bridgehead atoms. The second-order valence-electron chi connectivity index (χ2n) is 9.93. The van der Waals surface area contributed by atoms with E-state index in [1.807, 2.05) is 36.1 Å². The van der Waals surface area contributed by atoms with Crippen LogP contribution < -0.4 is 0 Å². The number of hydrogen-bond acceptors (Lipinski definition) is 3. The maximum absolute atomic E-state index is 13.6. The zero-order valence-electron chi connectivity index (χ0n) is 21.7. The topological polar surface area (TPSA) is 51.5 Å². The molecule has 5 nitrogen and oxygen atoms in total. The lowest BCUT2D eigenvalue weighted by molar-refractivity contribution is -0.151. The van der Waals surface area contributed by atoms with Crippen LogP contribution in [0.25, 0.3) is 10.9 Å². The number of fused-ring (bicyclic) bond motifs is 1. The number of para-hydroxylation sites is 1. The van der Waals surface area contributed by atoms with Crippen LogP contribution in [0.15, 0.2) is 85.1 Å². The highest BCUT2D eigenvalue weighted by Crippen LogP contribution is 2.37. The van der Waals surface area contributed by atoms with Crippen molar-refractivity contribution in [2.24, 2.45) is 5.92 Å². The Morgan fingerprint density at radius 2 is 1.71 bits per heavy atom. The summed E-state index contributed by atoms with van der Waals surface area (Å²) in [6.07, 6.45) is 3.82. The number of aromatic nitrogens is 1. The van der Waals surface area contributed by atoms with E-state index in [0.717, 1.165) is 28.6 Å². The van der Waals surface area contributed by atoms with Gasteiger partial charge in [0.15, 0.2) is 0 Å². The van der Waals surface area contributed by atoms with E-state index in [1.54, 1.807) is 0 Å². The van der Waals surface area contributed by atoms with E-state index in [1.165, 1.54) is 5.56 Å². The van der Waals surface area contributed by atoms with E-state index in [0.29, 0.717) is 44.0 Å². The van der Waals surface area contributed by atoms with Gasteiger partial charge in [0, 0.05) is 54.1 Å². The average Bonchev–Trinajstić information content (AvgIpc) is 3.30. The van der Waals surface area contributed by atoms with Gasteiger partial charge in [-0.3, -0.25) is 9.59 Å². The molecule has 1 atom stereocenters. The molecule has 0 radical (unpaired) electrons. The zero-order valence-corrected chi connectivity index (χ0v) is 22.4. The number of likely N-dealkylation sites (tertiary alicyclic amines) is 1. The molecule has 2 heterocycles. The summed E-state index contributed by atoms with van der Waals surface area (Å²) in [6, 6.07) is 26.6. The van der Waals surface area contributed by atoms with Crippen molar-refractivity contribution in [3.63, 3.8) is 0 Å². The van der Waals surface area contributed by atoms with Crippen molar-refractivity contribution in [3.8, 4) is 0 Å². The number of ether oxygens (including phenoxy) is 1. The summed E-state index contributed by atoms with van der Waals surface area (Å²) in [6.45, 7) is 4.10. The Morgan fingerprint density at radius 1 is 0.974 bits per heavy atom. The maximum atomic E-state index is 13.6. The van der Waals surface area contributed by atoms with Gasteiger partial charge in [-0.25, -0.2) is 0 Å². The first-order valence-electron chi connectivity index (χ1n) is 13.3. The van der Waals surface area contributed by atoms with Crippen LogP contribution in [0.1, 0.15) is 48.8 Å². The SMILES string of the molecule is CCOC(=O)C1CCN(C(=O)CC(c2cccc(Cl)c2)c2cn(Cc3ccccc3)c3ccccc23)CC1. The molecule has 1 aliphatic heterocycles. The third-order valence-electron chi connectivity index (χ3n) is 7.49. The number of piperidine rings is 1. The lowest BCUT2D eigenvalue weighted by Crippen LogP contribution is -2.41. The van der Waals surface area contributed by atoms with Crippen LogP contribution in [0, 0.1) is 5.92 Å². The molecule has 0 aliphatic carbocycles. The van der Waals surface area contributed by atoms with Crippen LogP contribution in [0.5, 0.6) is 0 Å². The van der Waals surface area contributed by atoms with Gasteiger partial charge >= 0.3 is 5.97 Å². The molecule has 1 saturated heterocycles. The minimum atomic E-state index is -0.150. The fraction of sp³-hybridized carbons (Fsp3) is 0.312. The summed E-state index contributed by atoms with van der Waals surface area (Å²) in [5.74, 6) is -0.329. The highest BCUT2D eigenvalue weighted by Gasteiger charge is 2.30. The van der Waals surface area contributed by atoms with Crippen molar-refractivity contribution in [2.45, 2.75) is 38.6 Å². The minimum Gasteiger partial charge on any atom is -0.466 e. The number of rotatable bonds is 8. The molecule has 4 aromatic rings. The molecule has 1 amide bonds. The molecule has 38 heavy (non-hydrogen) atoms. The normalized spacial score (nSPS) is 14.9. The van der Waals surface area contributed by atoms with E-state index in [2.05, 4.69) is 65.4 Å². The van der Waals surface area contributed by atoms with Crippen molar-refractivity contribution in [3.05, 3.63) is 107 Å². The predicted molar refractivity (Wildman–Crippen MR) is 151 cm³/mol. The van der Waals surface area contributed by atoms with Crippen LogP contribution >= 0.6 is 11.6 Å². The summed E-state index contributed by atoms with van der Waals surface area (Å²) in [5, 5.41) is 1.80. The van der Waals surface area contributed by atoms with E-state index in [9.17, 15) is 9.59 Å². The average molecular weight is 529 g/mol. The maximum Gasteiger partial charge on any atom is 0.309 e. The molecule has 3 aromatic carbocycles. The lowest BCUT2D eigenvalue weighted by Gasteiger charge is -2.32. The Kier molecular flexibility index (Phi) is 8.14. The number of nitrogens with zero attached hydrogens (tertiary/aromatic N) is 2. The van der Waals surface area contributed by atoms with E-state index in [4.69, 9.17) is 16.3 Å². The van der Waals surface area contributed by atoms with Gasteiger partial charge in [-0.2, -0.15) is 0 Å². The molecule has 1 unspecified atom stereocenters. The van der Waals surface area contributed by atoms with Gasteiger partial charge < -0.3 is 14.2 Å². The second-order valence-corrected chi connectivity index (χ2v) is 10.4. The second kappa shape index (κ2) is 11.9. The van der Waals surface area contributed by atoms with E-state index >= 15 is 0 Å². The largest absolute Gasteiger partial charge is 0.466 e.